The SMILES string of the molecule is N#CCC(=O)Nc1nc(C(N)=O)cs1. The molecule has 0 bridgehead atoms. The van der Waals surface area contributed by atoms with Gasteiger partial charge in [0.15, 0.2) is 5.13 Å². The van der Waals surface area contributed by atoms with E-state index in [1.54, 1.807) is 6.07 Å². The molecule has 1 aromatic heterocycles. The summed E-state index contributed by atoms with van der Waals surface area (Å²) in [5.41, 5.74) is 5.06. The maximum absolute atomic E-state index is 10.9. The quantitative estimate of drug-likeness (QED) is 0.736. The molecule has 0 aromatic carbocycles. The number of aromatic nitrogens is 1. The zero-order valence-corrected chi connectivity index (χ0v) is 7.80. The van der Waals surface area contributed by atoms with Crippen LogP contribution >= 0.6 is 11.3 Å². The van der Waals surface area contributed by atoms with E-state index in [9.17, 15) is 9.59 Å². The first-order valence-corrected chi connectivity index (χ1v) is 4.43. The van der Waals surface area contributed by atoms with Crippen molar-refractivity contribution in [3.05, 3.63) is 11.1 Å². The fourth-order valence-electron chi connectivity index (χ4n) is 0.680. The smallest absolute Gasteiger partial charge is 0.268 e. The lowest BCUT2D eigenvalue weighted by Gasteiger charge is -1.94. The molecule has 0 aliphatic carbocycles. The van der Waals surface area contributed by atoms with Crippen LogP contribution in [0.1, 0.15) is 16.9 Å². The van der Waals surface area contributed by atoms with E-state index >= 15 is 0 Å². The summed E-state index contributed by atoms with van der Waals surface area (Å²) in [7, 11) is 0. The normalized spacial score (nSPS) is 9.07. The van der Waals surface area contributed by atoms with E-state index in [4.69, 9.17) is 11.0 Å². The number of carbonyl (C=O) groups is 2. The lowest BCUT2D eigenvalue weighted by atomic mass is 10.4. The van der Waals surface area contributed by atoms with E-state index in [1.807, 2.05) is 0 Å². The van der Waals surface area contributed by atoms with Crippen molar-refractivity contribution in [1.29, 1.82) is 5.26 Å². The van der Waals surface area contributed by atoms with Crippen molar-refractivity contribution in [2.24, 2.45) is 5.73 Å². The summed E-state index contributed by atoms with van der Waals surface area (Å²) >= 11 is 1.08. The summed E-state index contributed by atoms with van der Waals surface area (Å²) in [6.45, 7) is 0. The van der Waals surface area contributed by atoms with Gasteiger partial charge in [-0.15, -0.1) is 11.3 Å². The molecule has 7 heteroatoms. The Hall–Kier alpha value is -1.94. The van der Waals surface area contributed by atoms with E-state index in [-0.39, 0.29) is 17.2 Å². The summed E-state index contributed by atoms with van der Waals surface area (Å²) < 4.78 is 0. The van der Waals surface area contributed by atoms with Gasteiger partial charge in [-0.25, -0.2) is 4.98 Å². The molecule has 1 rings (SSSR count). The number of hydrogen-bond acceptors (Lipinski definition) is 5. The van der Waals surface area contributed by atoms with Gasteiger partial charge in [-0.2, -0.15) is 5.26 Å². The summed E-state index contributed by atoms with van der Waals surface area (Å²) in [6, 6.07) is 1.69. The van der Waals surface area contributed by atoms with Crippen LogP contribution in [0.5, 0.6) is 0 Å². The molecular formula is C7H6N4O2S. The van der Waals surface area contributed by atoms with Gasteiger partial charge in [-0.05, 0) is 0 Å². The Kier molecular flexibility index (Phi) is 3.14. The summed E-state index contributed by atoms with van der Waals surface area (Å²) in [5, 5.41) is 12.3. The molecule has 0 radical (unpaired) electrons. The van der Waals surface area contributed by atoms with Gasteiger partial charge >= 0.3 is 0 Å². The van der Waals surface area contributed by atoms with E-state index in [2.05, 4.69) is 10.3 Å². The highest BCUT2D eigenvalue weighted by atomic mass is 32.1. The van der Waals surface area contributed by atoms with Crippen LogP contribution in [0.3, 0.4) is 0 Å². The van der Waals surface area contributed by atoms with Crippen LogP contribution in [0.15, 0.2) is 5.38 Å². The second kappa shape index (κ2) is 4.34. The maximum Gasteiger partial charge on any atom is 0.268 e. The van der Waals surface area contributed by atoms with Crippen LogP contribution in [0.4, 0.5) is 5.13 Å². The number of rotatable bonds is 3. The first-order valence-electron chi connectivity index (χ1n) is 3.55. The third-order valence-corrected chi connectivity index (χ3v) is 2.00. The number of hydrogen-bond donors (Lipinski definition) is 2. The molecule has 1 heterocycles. The molecule has 0 saturated carbocycles. The van der Waals surface area contributed by atoms with Gasteiger partial charge in [0.1, 0.15) is 12.1 Å². The van der Waals surface area contributed by atoms with Crippen molar-refractivity contribution < 1.29 is 9.59 Å². The van der Waals surface area contributed by atoms with Crippen molar-refractivity contribution >= 4 is 28.3 Å². The molecule has 3 N–H and O–H groups in total. The molecule has 0 fully saturated rings. The molecule has 6 nitrogen and oxygen atoms in total. The molecule has 0 aliphatic heterocycles. The lowest BCUT2D eigenvalue weighted by Crippen LogP contribution is -2.13. The number of nitrogens with two attached hydrogens (primary N) is 1. The van der Waals surface area contributed by atoms with Crippen LogP contribution in [-0.2, 0) is 4.79 Å². The zero-order valence-electron chi connectivity index (χ0n) is 6.98. The van der Waals surface area contributed by atoms with Crippen molar-refractivity contribution in [1.82, 2.24) is 4.98 Å². The Bertz CT molecular complexity index is 406. The minimum atomic E-state index is -0.651. The Morgan fingerprint density at radius 3 is 2.93 bits per heavy atom. The number of thiazole rings is 1. The van der Waals surface area contributed by atoms with Crippen molar-refractivity contribution in [3.63, 3.8) is 0 Å². The Balaban J connectivity index is 2.65. The molecule has 0 spiro atoms. The average molecular weight is 210 g/mol. The standard InChI is InChI=1S/C7H6N4O2S/c8-2-1-5(12)11-7-10-4(3-14-7)6(9)13/h3H,1H2,(H2,9,13)(H,10,11,12). The topological polar surface area (TPSA) is 109 Å². The predicted octanol–water partition coefficient (Wildman–Crippen LogP) is 0.0942. The van der Waals surface area contributed by atoms with E-state index in [1.165, 1.54) is 5.38 Å². The maximum atomic E-state index is 10.9. The summed E-state index contributed by atoms with van der Waals surface area (Å²) in [6.07, 6.45) is -0.245. The third-order valence-electron chi connectivity index (χ3n) is 1.24. The fourth-order valence-corrected chi connectivity index (χ4v) is 1.40. The molecule has 14 heavy (non-hydrogen) atoms. The van der Waals surface area contributed by atoms with Gasteiger partial charge in [0.2, 0.25) is 5.91 Å². The average Bonchev–Trinajstić information content (AvgIpc) is 2.53. The van der Waals surface area contributed by atoms with Crippen molar-refractivity contribution in [2.45, 2.75) is 6.42 Å². The number of primary amides is 1. The zero-order chi connectivity index (χ0) is 10.6. The number of carbonyl (C=O) groups excluding carboxylic acids is 2. The second-order valence-corrected chi connectivity index (χ2v) is 3.14. The number of amides is 2. The van der Waals surface area contributed by atoms with Crippen LogP contribution < -0.4 is 11.1 Å². The highest BCUT2D eigenvalue weighted by Gasteiger charge is 2.08. The van der Waals surface area contributed by atoms with Crippen LogP contribution in [0, 0.1) is 11.3 Å². The Labute approximate surface area is 83.4 Å². The van der Waals surface area contributed by atoms with Gasteiger partial charge in [-0.3, -0.25) is 9.59 Å². The summed E-state index contributed by atoms with van der Waals surface area (Å²) in [4.78, 5) is 25.3. The molecule has 1 aromatic rings. The van der Waals surface area contributed by atoms with E-state index in [0.717, 1.165) is 11.3 Å². The first-order chi connectivity index (χ1) is 6.63. The first kappa shape index (κ1) is 10.1. The predicted molar refractivity (Wildman–Crippen MR) is 49.5 cm³/mol. The molecule has 0 aliphatic rings. The van der Waals surface area contributed by atoms with Crippen LogP contribution in [-0.4, -0.2) is 16.8 Å². The highest BCUT2D eigenvalue weighted by Crippen LogP contribution is 2.14. The van der Waals surface area contributed by atoms with Gasteiger partial charge in [0.05, 0.1) is 6.07 Å². The van der Waals surface area contributed by atoms with Gasteiger partial charge in [-0.1, -0.05) is 0 Å². The Morgan fingerprint density at radius 1 is 1.71 bits per heavy atom. The van der Waals surface area contributed by atoms with Crippen LogP contribution in [0.25, 0.3) is 0 Å². The largest absolute Gasteiger partial charge is 0.364 e. The van der Waals surface area contributed by atoms with Crippen molar-refractivity contribution in [3.8, 4) is 6.07 Å². The molecule has 72 valence electrons. The number of nitrogens with zero attached hydrogens (tertiary/aromatic N) is 2. The fraction of sp³-hybridized carbons (Fsp3) is 0.143. The molecule has 2 amide bonds. The molecule has 0 saturated heterocycles. The molecular weight excluding hydrogens is 204 g/mol. The Morgan fingerprint density at radius 2 is 2.43 bits per heavy atom. The minimum absolute atomic E-state index is 0.0993. The van der Waals surface area contributed by atoms with Crippen molar-refractivity contribution in [2.75, 3.05) is 5.32 Å². The minimum Gasteiger partial charge on any atom is -0.364 e. The summed E-state index contributed by atoms with van der Waals surface area (Å²) in [5.74, 6) is -1.11. The lowest BCUT2D eigenvalue weighted by molar-refractivity contribution is -0.115. The second-order valence-electron chi connectivity index (χ2n) is 2.29. The van der Waals surface area contributed by atoms with Gasteiger partial charge < -0.3 is 11.1 Å². The highest BCUT2D eigenvalue weighted by molar-refractivity contribution is 7.14. The van der Waals surface area contributed by atoms with Crippen LogP contribution in [0.2, 0.25) is 0 Å². The van der Waals surface area contributed by atoms with Gasteiger partial charge in [0.25, 0.3) is 5.91 Å². The molecule has 0 atom stereocenters. The number of nitriles is 1. The number of nitrogens with one attached hydrogen (secondary N) is 1. The number of anilines is 1. The monoisotopic (exact) mass is 210 g/mol. The van der Waals surface area contributed by atoms with Gasteiger partial charge in [0, 0.05) is 5.38 Å². The third kappa shape index (κ3) is 2.53. The van der Waals surface area contributed by atoms with E-state index < -0.39 is 11.8 Å². The van der Waals surface area contributed by atoms with E-state index in [0.29, 0.717) is 0 Å². The molecule has 0 unspecified atom stereocenters.